The SMILES string of the molecule is CCCNC(=O)C(C)N(Cc1ccccc1)C(=O)Cc1ccccc1[N+](=O)[O-]. The Morgan fingerprint density at radius 3 is 2.39 bits per heavy atom. The number of nitro groups is 1. The van der Waals surface area contributed by atoms with Crippen molar-refractivity contribution in [2.24, 2.45) is 0 Å². The molecule has 1 N–H and O–H groups in total. The van der Waals surface area contributed by atoms with Crippen LogP contribution in [0.3, 0.4) is 0 Å². The summed E-state index contributed by atoms with van der Waals surface area (Å²) in [5.74, 6) is -0.578. The lowest BCUT2D eigenvalue weighted by atomic mass is 10.1. The monoisotopic (exact) mass is 383 g/mol. The van der Waals surface area contributed by atoms with Crippen molar-refractivity contribution >= 4 is 17.5 Å². The van der Waals surface area contributed by atoms with Gasteiger partial charge in [-0.3, -0.25) is 19.7 Å². The zero-order chi connectivity index (χ0) is 20.5. The quantitative estimate of drug-likeness (QED) is 0.532. The van der Waals surface area contributed by atoms with Crippen molar-refractivity contribution in [2.75, 3.05) is 6.54 Å². The van der Waals surface area contributed by atoms with Gasteiger partial charge in [0.05, 0.1) is 11.3 Å². The van der Waals surface area contributed by atoms with Crippen LogP contribution in [0.25, 0.3) is 0 Å². The first-order valence-corrected chi connectivity index (χ1v) is 9.27. The molecule has 2 aromatic carbocycles. The van der Waals surface area contributed by atoms with Crippen LogP contribution in [0.15, 0.2) is 54.6 Å². The van der Waals surface area contributed by atoms with Crippen molar-refractivity contribution in [1.29, 1.82) is 0 Å². The Bertz CT molecular complexity index is 823. The Morgan fingerprint density at radius 1 is 1.11 bits per heavy atom. The second-order valence-electron chi connectivity index (χ2n) is 6.54. The van der Waals surface area contributed by atoms with Crippen LogP contribution in [0.1, 0.15) is 31.4 Å². The fraction of sp³-hybridized carbons (Fsp3) is 0.333. The van der Waals surface area contributed by atoms with Gasteiger partial charge in [-0.2, -0.15) is 0 Å². The number of carbonyl (C=O) groups excluding carboxylic acids is 2. The first kappa shape index (κ1) is 21.1. The summed E-state index contributed by atoms with van der Waals surface area (Å²) in [6, 6.07) is 14.8. The average Bonchev–Trinajstić information content (AvgIpc) is 2.70. The molecule has 7 heteroatoms. The molecule has 0 spiro atoms. The Balaban J connectivity index is 2.26. The zero-order valence-corrected chi connectivity index (χ0v) is 16.1. The number of nitrogens with zero attached hydrogens (tertiary/aromatic N) is 2. The van der Waals surface area contributed by atoms with Gasteiger partial charge in [0.15, 0.2) is 0 Å². The third-order valence-electron chi connectivity index (χ3n) is 4.44. The molecule has 0 aromatic heterocycles. The van der Waals surface area contributed by atoms with Crippen molar-refractivity contribution in [1.82, 2.24) is 10.2 Å². The molecule has 0 fully saturated rings. The summed E-state index contributed by atoms with van der Waals surface area (Å²) in [6.07, 6.45) is 0.649. The number of nitro benzene ring substituents is 1. The second-order valence-corrected chi connectivity index (χ2v) is 6.54. The number of benzene rings is 2. The highest BCUT2D eigenvalue weighted by Crippen LogP contribution is 2.20. The molecule has 7 nitrogen and oxygen atoms in total. The van der Waals surface area contributed by atoms with Gasteiger partial charge in [0, 0.05) is 24.7 Å². The summed E-state index contributed by atoms with van der Waals surface area (Å²) in [5.41, 5.74) is 1.11. The summed E-state index contributed by atoms with van der Waals surface area (Å²) < 4.78 is 0. The van der Waals surface area contributed by atoms with E-state index in [1.807, 2.05) is 37.3 Å². The molecule has 0 heterocycles. The first-order valence-electron chi connectivity index (χ1n) is 9.27. The van der Waals surface area contributed by atoms with E-state index in [9.17, 15) is 19.7 Å². The van der Waals surface area contributed by atoms with Crippen molar-refractivity contribution < 1.29 is 14.5 Å². The van der Waals surface area contributed by atoms with Crippen LogP contribution in [0.5, 0.6) is 0 Å². The average molecular weight is 383 g/mol. The summed E-state index contributed by atoms with van der Waals surface area (Å²) in [6.45, 7) is 4.40. The molecule has 1 unspecified atom stereocenters. The number of rotatable bonds is 9. The number of hydrogen-bond acceptors (Lipinski definition) is 4. The molecule has 0 saturated heterocycles. The van der Waals surface area contributed by atoms with Gasteiger partial charge in [-0.15, -0.1) is 0 Å². The number of para-hydroxylation sites is 1. The molecule has 0 radical (unpaired) electrons. The summed E-state index contributed by atoms with van der Waals surface area (Å²) in [5, 5.41) is 14.0. The largest absolute Gasteiger partial charge is 0.354 e. The van der Waals surface area contributed by atoms with E-state index >= 15 is 0 Å². The van der Waals surface area contributed by atoms with Crippen LogP contribution in [0.4, 0.5) is 5.69 Å². The molecule has 0 aliphatic carbocycles. The number of amides is 2. The lowest BCUT2D eigenvalue weighted by Crippen LogP contribution is -2.48. The molecule has 0 saturated carbocycles. The van der Waals surface area contributed by atoms with Crippen molar-refractivity contribution in [3.05, 3.63) is 75.8 Å². The van der Waals surface area contributed by atoms with Gasteiger partial charge in [0.2, 0.25) is 11.8 Å². The van der Waals surface area contributed by atoms with Crippen molar-refractivity contribution in [3.8, 4) is 0 Å². The van der Waals surface area contributed by atoms with Crippen molar-refractivity contribution in [2.45, 2.75) is 39.3 Å². The van der Waals surface area contributed by atoms with Crippen LogP contribution in [0.2, 0.25) is 0 Å². The number of carbonyl (C=O) groups is 2. The molecule has 28 heavy (non-hydrogen) atoms. The number of nitrogens with one attached hydrogen (secondary N) is 1. The predicted octanol–water partition coefficient (Wildman–Crippen LogP) is 3.08. The molecule has 148 valence electrons. The molecule has 2 aromatic rings. The van der Waals surface area contributed by atoms with Gasteiger partial charge in [-0.25, -0.2) is 0 Å². The Kier molecular flexibility index (Phi) is 7.68. The maximum atomic E-state index is 13.0. The summed E-state index contributed by atoms with van der Waals surface area (Å²) in [4.78, 5) is 37.7. The smallest absolute Gasteiger partial charge is 0.273 e. The van der Waals surface area contributed by atoms with Crippen LogP contribution in [0, 0.1) is 10.1 Å². The van der Waals surface area contributed by atoms with E-state index in [1.165, 1.54) is 11.0 Å². The van der Waals surface area contributed by atoms with E-state index in [1.54, 1.807) is 25.1 Å². The lowest BCUT2D eigenvalue weighted by Gasteiger charge is -2.29. The van der Waals surface area contributed by atoms with E-state index in [4.69, 9.17) is 0 Å². The highest BCUT2D eigenvalue weighted by molar-refractivity contribution is 5.88. The normalized spacial score (nSPS) is 11.5. The maximum Gasteiger partial charge on any atom is 0.273 e. The molecule has 1 atom stereocenters. The third-order valence-corrected chi connectivity index (χ3v) is 4.44. The van der Waals surface area contributed by atoms with Gasteiger partial charge in [0.25, 0.3) is 5.69 Å². The standard InChI is InChI=1S/C21H25N3O4/c1-3-13-22-21(26)16(2)23(15-17-9-5-4-6-10-17)20(25)14-18-11-7-8-12-19(18)24(27)28/h4-12,16H,3,13-15H2,1-2H3,(H,22,26). The molecule has 0 bridgehead atoms. The van der Waals surface area contributed by atoms with Gasteiger partial charge in [-0.05, 0) is 18.9 Å². The fourth-order valence-electron chi connectivity index (χ4n) is 2.86. The van der Waals surface area contributed by atoms with E-state index in [0.29, 0.717) is 12.1 Å². The lowest BCUT2D eigenvalue weighted by molar-refractivity contribution is -0.385. The van der Waals surface area contributed by atoms with E-state index < -0.39 is 11.0 Å². The molecular formula is C21H25N3O4. The molecule has 0 aliphatic heterocycles. The molecular weight excluding hydrogens is 358 g/mol. The highest BCUT2D eigenvalue weighted by atomic mass is 16.6. The highest BCUT2D eigenvalue weighted by Gasteiger charge is 2.27. The predicted molar refractivity (Wildman–Crippen MR) is 107 cm³/mol. The van der Waals surface area contributed by atoms with Gasteiger partial charge in [-0.1, -0.05) is 55.5 Å². The van der Waals surface area contributed by atoms with Crippen LogP contribution < -0.4 is 5.32 Å². The van der Waals surface area contributed by atoms with E-state index in [-0.39, 0.29) is 30.5 Å². The third kappa shape index (κ3) is 5.64. The Hall–Kier alpha value is -3.22. The zero-order valence-electron chi connectivity index (χ0n) is 16.1. The molecule has 2 amide bonds. The summed E-state index contributed by atoms with van der Waals surface area (Å²) >= 11 is 0. The van der Waals surface area contributed by atoms with Crippen LogP contribution in [-0.2, 0) is 22.6 Å². The Morgan fingerprint density at radius 2 is 1.75 bits per heavy atom. The van der Waals surface area contributed by atoms with Crippen LogP contribution >= 0.6 is 0 Å². The minimum Gasteiger partial charge on any atom is -0.354 e. The van der Waals surface area contributed by atoms with Gasteiger partial charge in [0.1, 0.15) is 6.04 Å². The van der Waals surface area contributed by atoms with Gasteiger partial charge < -0.3 is 10.2 Å². The van der Waals surface area contributed by atoms with Gasteiger partial charge >= 0.3 is 0 Å². The fourth-order valence-corrected chi connectivity index (χ4v) is 2.86. The maximum absolute atomic E-state index is 13.0. The van der Waals surface area contributed by atoms with Crippen molar-refractivity contribution in [3.63, 3.8) is 0 Å². The van der Waals surface area contributed by atoms with E-state index in [0.717, 1.165) is 12.0 Å². The molecule has 2 rings (SSSR count). The minimum absolute atomic E-state index is 0.0985. The van der Waals surface area contributed by atoms with E-state index in [2.05, 4.69) is 5.32 Å². The summed E-state index contributed by atoms with van der Waals surface area (Å²) in [7, 11) is 0. The topological polar surface area (TPSA) is 92.6 Å². The minimum atomic E-state index is -0.693. The first-order chi connectivity index (χ1) is 13.4. The second kappa shape index (κ2) is 10.2. The Labute approximate surface area is 164 Å². The molecule has 0 aliphatic rings. The van der Waals surface area contributed by atoms with Crippen LogP contribution in [-0.4, -0.2) is 34.2 Å². The number of hydrogen-bond donors (Lipinski definition) is 1.